The second kappa shape index (κ2) is 8.29. The maximum absolute atomic E-state index is 13.1. The Morgan fingerprint density at radius 3 is 1.28 bits per heavy atom. The Bertz CT molecular complexity index is 1410. The van der Waals surface area contributed by atoms with Gasteiger partial charge in [-0.2, -0.15) is 0 Å². The van der Waals surface area contributed by atoms with E-state index in [0.29, 0.717) is 22.1 Å². The average molecular weight is 467 g/mol. The number of hydrogen-bond acceptors (Lipinski definition) is 4. The number of sulfonamides is 2. The van der Waals surface area contributed by atoms with Crippen molar-refractivity contribution in [3.05, 3.63) is 96.1 Å². The third kappa shape index (κ3) is 4.46. The summed E-state index contributed by atoms with van der Waals surface area (Å²) < 4.78 is 57.7. The lowest BCUT2D eigenvalue weighted by Gasteiger charge is -2.14. The van der Waals surface area contributed by atoms with Crippen LogP contribution in [0, 0.1) is 13.8 Å². The molecule has 4 aromatic rings. The molecule has 0 heterocycles. The molecule has 0 aromatic heterocycles. The van der Waals surface area contributed by atoms with E-state index in [9.17, 15) is 16.8 Å². The van der Waals surface area contributed by atoms with Gasteiger partial charge in [-0.05, 0) is 61.4 Å². The minimum atomic E-state index is -3.95. The van der Waals surface area contributed by atoms with Gasteiger partial charge in [0, 0.05) is 22.1 Å². The van der Waals surface area contributed by atoms with Crippen LogP contribution in [0.1, 0.15) is 11.1 Å². The summed E-state index contributed by atoms with van der Waals surface area (Å²) in [5.74, 6) is 0. The van der Waals surface area contributed by atoms with Crippen molar-refractivity contribution in [3.63, 3.8) is 0 Å². The van der Waals surface area contributed by atoms with E-state index < -0.39 is 20.0 Å². The summed E-state index contributed by atoms with van der Waals surface area (Å²) in [5.41, 5.74) is 2.70. The minimum absolute atomic E-state index is 0.00381. The van der Waals surface area contributed by atoms with Crippen molar-refractivity contribution in [2.45, 2.75) is 23.6 Å². The summed E-state index contributed by atoms with van der Waals surface area (Å²) in [7, 11) is -7.90. The van der Waals surface area contributed by atoms with Gasteiger partial charge in [0.1, 0.15) is 0 Å². The Balaban J connectivity index is 1.79. The van der Waals surface area contributed by atoms with Gasteiger partial charge in [0.25, 0.3) is 20.0 Å². The highest BCUT2D eigenvalue weighted by molar-refractivity contribution is 7.93. The van der Waals surface area contributed by atoms with Crippen molar-refractivity contribution in [2.24, 2.45) is 0 Å². The first-order valence-electron chi connectivity index (χ1n) is 9.86. The smallest absolute Gasteiger partial charge is 0.262 e. The molecule has 6 nitrogen and oxygen atoms in total. The number of benzene rings is 4. The van der Waals surface area contributed by atoms with Gasteiger partial charge in [-0.1, -0.05) is 48.5 Å². The average Bonchev–Trinajstić information content (AvgIpc) is 2.72. The molecule has 2 N–H and O–H groups in total. The standard InChI is InChI=1S/C24H22N2O4S2/c1-17-7-3-9-19(15-17)25-31(27,28)23-13-5-12-22-21(23)11-6-14-24(22)32(29,30)26-20-10-4-8-18(2)16-20/h3-16,25-26H,1-2H3. The summed E-state index contributed by atoms with van der Waals surface area (Å²) >= 11 is 0. The predicted molar refractivity (Wildman–Crippen MR) is 128 cm³/mol. The molecule has 32 heavy (non-hydrogen) atoms. The molecule has 164 valence electrons. The number of fused-ring (bicyclic) bond motifs is 1. The zero-order chi connectivity index (χ0) is 22.9. The van der Waals surface area contributed by atoms with Crippen LogP contribution in [0.15, 0.2) is 94.7 Å². The fourth-order valence-electron chi connectivity index (χ4n) is 3.56. The first kappa shape index (κ1) is 21.9. The Labute approximate surface area is 188 Å². The lowest BCUT2D eigenvalue weighted by molar-refractivity contribution is 0.599. The van der Waals surface area contributed by atoms with Crippen molar-refractivity contribution in [2.75, 3.05) is 9.44 Å². The molecule has 0 fully saturated rings. The van der Waals surface area contributed by atoms with Crippen LogP contribution in [0.25, 0.3) is 10.8 Å². The Morgan fingerprint density at radius 1 is 0.531 bits per heavy atom. The number of rotatable bonds is 6. The molecular formula is C24H22N2O4S2. The highest BCUT2D eigenvalue weighted by Crippen LogP contribution is 2.30. The van der Waals surface area contributed by atoms with E-state index in [0.717, 1.165) is 11.1 Å². The first-order valence-corrected chi connectivity index (χ1v) is 12.8. The van der Waals surface area contributed by atoms with Crippen molar-refractivity contribution in [1.29, 1.82) is 0 Å². The van der Waals surface area contributed by atoms with E-state index >= 15 is 0 Å². The molecule has 0 aliphatic carbocycles. The zero-order valence-corrected chi connectivity index (χ0v) is 19.2. The van der Waals surface area contributed by atoms with Crippen LogP contribution in [0.5, 0.6) is 0 Å². The number of hydrogen-bond donors (Lipinski definition) is 2. The summed E-state index contributed by atoms with van der Waals surface area (Å²) in [6.45, 7) is 3.74. The zero-order valence-electron chi connectivity index (χ0n) is 17.5. The van der Waals surface area contributed by atoms with Crippen molar-refractivity contribution in [3.8, 4) is 0 Å². The van der Waals surface area contributed by atoms with E-state index in [2.05, 4.69) is 9.44 Å². The predicted octanol–water partition coefficient (Wildman–Crippen LogP) is 5.06. The van der Waals surface area contributed by atoms with Gasteiger partial charge in [-0.15, -0.1) is 0 Å². The second-order valence-electron chi connectivity index (χ2n) is 7.56. The lowest BCUT2D eigenvalue weighted by Crippen LogP contribution is -2.15. The van der Waals surface area contributed by atoms with Crippen LogP contribution in [-0.2, 0) is 20.0 Å². The molecule has 0 atom stereocenters. The SMILES string of the molecule is Cc1cccc(NS(=O)(=O)c2cccc3c(S(=O)(=O)Nc4cccc(C)c4)cccc23)c1. The van der Waals surface area contributed by atoms with E-state index in [1.807, 2.05) is 26.0 Å². The molecule has 0 amide bonds. The van der Waals surface area contributed by atoms with Gasteiger partial charge in [-0.3, -0.25) is 9.44 Å². The normalized spacial score (nSPS) is 11.9. The fourth-order valence-corrected chi connectivity index (χ4v) is 6.10. The maximum Gasteiger partial charge on any atom is 0.262 e. The van der Waals surface area contributed by atoms with E-state index in [4.69, 9.17) is 0 Å². The third-order valence-corrected chi connectivity index (χ3v) is 7.84. The van der Waals surface area contributed by atoms with E-state index in [1.54, 1.807) is 60.7 Å². The van der Waals surface area contributed by atoms with Crippen molar-refractivity contribution < 1.29 is 16.8 Å². The van der Waals surface area contributed by atoms with Crippen LogP contribution in [0.2, 0.25) is 0 Å². The number of anilines is 2. The summed E-state index contributed by atoms with van der Waals surface area (Å²) in [4.78, 5) is 0.00761. The molecule has 0 saturated heterocycles. The van der Waals surface area contributed by atoms with Gasteiger partial charge < -0.3 is 0 Å². The molecule has 0 saturated carbocycles. The van der Waals surface area contributed by atoms with Crippen LogP contribution in [0.3, 0.4) is 0 Å². The van der Waals surface area contributed by atoms with Crippen molar-refractivity contribution >= 4 is 42.2 Å². The minimum Gasteiger partial charge on any atom is -0.280 e. The molecule has 4 rings (SSSR count). The van der Waals surface area contributed by atoms with Crippen LogP contribution < -0.4 is 9.44 Å². The van der Waals surface area contributed by atoms with Gasteiger partial charge in [0.2, 0.25) is 0 Å². The summed E-state index contributed by atoms with van der Waals surface area (Å²) in [5, 5.41) is 0.638. The van der Waals surface area contributed by atoms with Gasteiger partial charge in [0.05, 0.1) is 9.79 Å². The molecule has 0 aliphatic rings. The van der Waals surface area contributed by atoms with Crippen LogP contribution in [-0.4, -0.2) is 16.8 Å². The highest BCUT2D eigenvalue weighted by Gasteiger charge is 2.22. The Morgan fingerprint density at radius 2 is 0.906 bits per heavy atom. The topological polar surface area (TPSA) is 92.3 Å². The summed E-state index contributed by atoms with van der Waals surface area (Å²) in [6, 6.07) is 23.3. The Kier molecular flexibility index (Phi) is 5.66. The molecule has 0 spiro atoms. The lowest BCUT2D eigenvalue weighted by atomic mass is 10.1. The second-order valence-corrected chi connectivity index (χ2v) is 10.9. The molecule has 0 unspecified atom stereocenters. The van der Waals surface area contributed by atoms with Crippen molar-refractivity contribution in [1.82, 2.24) is 0 Å². The van der Waals surface area contributed by atoms with Crippen LogP contribution in [0.4, 0.5) is 11.4 Å². The molecule has 0 aliphatic heterocycles. The Hall–Kier alpha value is -3.36. The van der Waals surface area contributed by atoms with Gasteiger partial charge in [-0.25, -0.2) is 16.8 Å². The molecule has 4 aromatic carbocycles. The quantitative estimate of drug-likeness (QED) is 0.416. The molecule has 0 bridgehead atoms. The molecule has 8 heteroatoms. The maximum atomic E-state index is 13.1. The van der Waals surface area contributed by atoms with Gasteiger partial charge >= 0.3 is 0 Å². The largest absolute Gasteiger partial charge is 0.280 e. The third-order valence-electron chi connectivity index (χ3n) is 4.96. The summed E-state index contributed by atoms with van der Waals surface area (Å²) in [6.07, 6.45) is 0. The first-order chi connectivity index (χ1) is 15.2. The molecular weight excluding hydrogens is 444 g/mol. The molecule has 0 radical (unpaired) electrons. The fraction of sp³-hybridized carbons (Fsp3) is 0.0833. The number of nitrogens with one attached hydrogen (secondary N) is 2. The number of aryl methyl sites for hydroxylation is 2. The van der Waals surface area contributed by atoms with E-state index in [-0.39, 0.29) is 9.79 Å². The van der Waals surface area contributed by atoms with Gasteiger partial charge in [0.15, 0.2) is 0 Å². The highest BCUT2D eigenvalue weighted by atomic mass is 32.2. The van der Waals surface area contributed by atoms with Crippen LogP contribution >= 0.6 is 0 Å². The van der Waals surface area contributed by atoms with E-state index in [1.165, 1.54) is 12.1 Å². The monoisotopic (exact) mass is 466 g/mol.